The Morgan fingerprint density at radius 3 is 2.59 bits per heavy atom. The maximum absolute atomic E-state index is 6.02. The molecule has 0 amide bonds. The van der Waals surface area contributed by atoms with Crippen LogP contribution in [-0.4, -0.2) is 6.54 Å². The zero-order chi connectivity index (χ0) is 11.8. The molecule has 17 heavy (non-hydrogen) atoms. The van der Waals surface area contributed by atoms with Crippen molar-refractivity contribution in [3.05, 3.63) is 46.7 Å². The van der Waals surface area contributed by atoms with E-state index < -0.39 is 0 Å². The number of fused-ring (bicyclic) bond motifs is 1. The Morgan fingerprint density at radius 1 is 1.12 bits per heavy atom. The zero-order valence-corrected chi connectivity index (χ0v) is 10.3. The molecule has 0 fully saturated rings. The van der Waals surface area contributed by atoms with E-state index in [1.807, 2.05) is 0 Å². The molecular formula is C15H17NO. The van der Waals surface area contributed by atoms with Crippen LogP contribution >= 0.6 is 0 Å². The van der Waals surface area contributed by atoms with Gasteiger partial charge in [0.2, 0.25) is 0 Å². The lowest BCUT2D eigenvalue weighted by atomic mass is 10.0. The van der Waals surface area contributed by atoms with E-state index in [0.29, 0.717) is 0 Å². The number of nitrogens with one attached hydrogen (secondary N) is 1. The molecule has 0 radical (unpaired) electrons. The normalized spacial score (nSPS) is 14.7. The van der Waals surface area contributed by atoms with Crippen LogP contribution in [0.1, 0.15) is 22.5 Å². The molecule has 3 rings (SSSR count). The Balaban J connectivity index is 2.09. The van der Waals surface area contributed by atoms with Crippen molar-refractivity contribution in [2.45, 2.75) is 26.8 Å². The minimum atomic E-state index is 0.941. The van der Waals surface area contributed by atoms with E-state index in [4.69, 9.17) is 4.42 Å². The van der Waals surface area contributed by atoms with Crippen LogP contribution in [0.5, 0.6) is 0 Å². The van der Waals surface area contributed by atoms with Crippen molar-refractivity contribution in [3.63, 3.8) is 0 Å². The van der Waals surface area contributed by atoms with Gasteiger partial charge in [0.25, 0.3) is 0 Å². The highest BCUT2D eigenvalue weighted by Crippen LogP contribution is 2.32. The van der Waals surface area contributed by atoms with Gasteiger partial charge in [-0.15, -0.1) is 0 Å². The molecule has 1 aliphatic heterocycles. The Kier molecular flexibility index (Phi) is 2.52. The van der Waals surface area contributed by atoms with Crippen LogP contribution in [-0.2, 0) is 13.0 Å². The average molecular weight is 227 g/mol. The fraction of sp³-hybridized carbons (Fsp3) is 0.333. The third-order valence-corrected chi connectivity index (χ3v) is 3.50. The van der Waals surface area contributed by atoms with Crippen molar-refractivity contribution in [1.82, 2.24) is 5.32 Å². The van der Waals surface area contributed by atoms with Crippen LogP contribution in [0, 0.1) is 13.8 Å². The van der Waals surface area contributed by atoms with E-state index in [1.165, 1.54) is 22.3 Å². The van der Waals surface area contributed by atoms with Gasteiger partial charge in [0.15, 0.2) is 0 Å². The molecule has 0 saturated heterocycles. The molecule has 88 valence electrons. The second kappa shape index (κ2) is 4.04. The van der Waals surface area contributed by atoms with Crippen LogP contribution in [0.2, 0.25) is 0 Å². The van der Waals surface area contributed by atoms with Crippen molar-refractivity contribution in [1.29, 1.82) is 0 Å². The van der Waals surface area contributed by atoms with E-state index in [-0.39, 0.29) is 0 Å². The summed E-state index contributed by atoms with van der Waals surface area (Å²) in [5.41, 5.74) is 5.11. The van der Waals surface area contributed by atoms with Crippen molar-refractivity contribution < 1.29 is 4.42 Å². The number of hydrogen-bond acceptors (Lipinski definition) is 2. The molecule has 0 aliphatic carbocycles. The van der Waals surface area contributed by atoms with Crippen LogP contribution < -0.4 is 5.32 Å². The van der Waals surface area contributed by atoms with Gasteiger partial charge < -0.3 is 9.73 Å². The van der Waals surface area contributed by atoms with Gasteiger partial charge in [-0.05, 0) is 13.8 Å². The molecule has 1 aromatic heterocycles. The monoisotopic (exact) mass is 227 g/mol. The number of furan rings is 1. The highest BCUT2D eigenvalue weighted by Gasteiger charge is 2.20. The van der Waals surface area contributed by atoms with Gasteiger partial charge in [-0.2, -0.15) is 0 Å². The molecule has 1 N–H and O–H groups in total. The summed E-state index contributed by atoms with van der Waals surface area (Å²) in [5, 5.41) is 3.40. The summed E-state index contributed by atoms with van der Waals surface area (Å²) < 4.78 is 6.02. The van der Waals surface area contributed by atoms with E-state index >= 15 is 0 Å². The summed E-state index contributed by atoms with van der Waals surface area (Å²) in [6.07, 6.45) is 1.00. The molecule has 1 aromatic carbocycles. The highest BCUT2D eigenvalue weighted by molar-refractivity contribution is 5.64. The average Bonchev–Trinajstić information content (AvgIpc) is 2.69. The fourth-order valence-corrected chi connectivity index (χ4v) is 2.44. The van der Waals surface area contributed by atoms with Crippen LogP contribution in [0.25, 0.3) is 11.3 Å². The Morgan fingerprint density at radius 2 is 1.88 bits per heavy atom. The summed E-state index contributed by atoms with van der Waals surface area (Å²) in [5.74, 6) is 2.20. The summed E-state index contributed by atoms with van der Waals surface area (Å²) in [6, 6.07) is 8.54. The minimum Gasteiger partial charge on any atom is -0.460 e. The largest absolute Gasteiger partial charge is 0.460 e. The minimum absolute atomic E-state index is 0.941. The molecule has 0 bridgehead atoms. The summed E-state index contributed by atoms with van der Waals surface area (Å²) in [4.78, 5) is 0. The quantitative estimate of drug-likeness (QED) is 0.809. The lowest BCUT2D eigenvalue weighted by Crippen LogP contribution is -2.22. The predicted molar refractivity (Wildman–Crippen MR) is 69.0 cm³/mol. The SMILES string of the molecule is Cc1ccc(-c2oc3c(c2C)CNCC3)cc1. The zero-order valence-electron chi connectivity index (χ0n) is 10.3. The first kappa shape index (κ1) is 10.6. The van der Waals surface area contributed by atoms with Crippen molar-refractivity contribution in [3.8, 4) is 11.3 Å². The maximum atomic E-state index is 6.02. The van der Waals surface area contributed by atoms with Crippen LogP contribution in [0.3, 0.4) is 0 Å². The first-order chi connectivity index (χ1) is 8.25. The lowest BCUT2D eigenvalue weighted by molar-refractivity contribution is 0.483. The Labute approximate surface area is 102 Å². The van der Waals surface area contributed by atoms with E-state index in [1.54, 1.807) is 0 Å². The lowest BCUT2D eigenvalue weighted by Gasteiger charge is -2.11. The third kappa shape index (κ3) is 1.79. The van der Waals surface area contributed by atoms with Crippen LogP contribution in [0.15, 0.2) is 28.7 Å². The Bertz CT molecular complexity index is 537. The van der Waals surface area contributed by atoms with E-state index in [2.05, 4.69) is 43.4 Å². The number of aryl methyl sites for hydroxylation is 1. The molecule has 2 heteroatoms. The van der Waals surface area contributed by atoms with Gasteiger partial charge >= 0.3 is 0 Å². The highest BCUT2D eigenvalue weighted by atomic mass is 16.3. The summed E-state index contributed by atoms with van der Waals surface area (Å²) in [6.45, 7) is 6.22. The van der Waals surface area contributed by atoms with Gasteiger partial charge in [0, 0.05) is 36.2 Å². The first-order valence-corrected chi connectivity index (χ1v) is 6.14. The predicted octanol–water partition coefficient (Wildman–Crippen LogP) is 3.21. The molecule has 1 aliphatic rings. The molecule has 2 heterocycles. The van der Waals surface area contributed by atoms with Crippen molar-refractivity contribution in [2.75, 3.05) is 6.54 Å². The topological polar surface area (TPSA) is 25.2 Å². The second-order valence-electron chi connectivity index (χ2n) is 4.75. The summed E-state index contributed by atoms with van der Waals surface area (Å²) in [7, 11) is 0. The standard InChI is InChI=1S/C15H17NO/c1-10-3-5-12(6-4-10)15-11(2)13-9-16-8-7-14(13)17-15/h3-6,16H,7-9H2,1-2H3. The van der Waals surface area contributed by atoms with Gasteiger partial charge in [0.05, 0.1) is 0 Å². The second-order valence-corrected chi connectivity index (χ2v) is 4.75. The molecule has 0 unspecified atom stereocenters. The molecule has 0 atom stereocenters. The van der Waals surface area contributed by atoms with E-state index in [0.717, 1.165) is 31.0 Å². The van der Waals surface area contributed by atoms with Gasteiger partial charge in [-0.25, -0.2) is 0 Å². The molecule has 0 saturated carbocycles. The molecular weight excluding hydrogens is 210 g/mol. The number of benzene rings is 1. The molecule has 2 nitrogen and oxygen atoms in total. The third-order valence-electron chi connectivity index (χ3n) is 3.50. The Hall–Kier alpha value is -1.54. The smallest absolute Gasteiger partial charge is 0.137 e. The van der Waals surface area contributed by atoms with Crippen molar-refractivity contribution >= 4 is 0 Å². The van der Waals surface area contributed by atoms with Gasteiger partial charge in [0.1, 0.15) is 11.5 Å². The van der Waals surface area contributed by atoms with Crippen LogP contribution in [0.4, 0.5) is 0 Å². The molecule has 0 spiro atoms. The summed E-state index contributed by atoms with van der Waals surface area (Å²) >= 11 is 0. The van der Waals surface area contributed by atoms with Gasteiger partial charge in [-0.3, -0.25) is 0 Å². The number of hydrogen-bond donors (Lipinski definition) is 1. The van der Waals surface area contributed by atoms with Gasteiger partial charge in [-0.1, -0.05) is 29.8 Å². The first-order valence-electron chi connectivity index (χ1n) is 6.14. The number of rotatable bonds is 1. The van der Waals surface area contributed by atoms with E-state index in [9.17, 15) is 0 Å². The fourth-order valence-electron chi connectivity index (χ4n) is 2.44. The van der Waals surface area contributed by atoms with Crippen molar-refractivity contribution in [2.24, 2.45) is 0 Å². The molecule has 2 aromatic rings. The maximum Gasteiger partial charge on any atom is 0.137 e.